The average Bonchev–Trinajstić information content (AvgIpc) is 2.21. The number of hydrogen-bond donors (Lipinski definition) is 0. The minimum Gasteiger partial charge on any atom is -0.382 e. The Morgan fingerprint density at radius 3 is 2.50 bits per heavy atom. The molecule has 0 atom stereocenters. The summed E-state index contributed by atoms with van der Waals surface area (Å²) >= 11 is 0. The second-order valence-corrected chi connectivity index (χ2v) is 3.31. The molecule has 0 aliphatic rings. The Hall–Kier alpha value is -0.410. The van der Waals surface area contributed by atoms with Gasteiger partial charge in [0.2, 0.25) is 0 Å². The fourth-order valence-electron chi connectivity index (χ4n) is 1.12. The second-order valence-electron chi connectivity index (χ2n) is 3.31. The molecule has 0 aromatic heterocycles. The van der Waals surface area contributed by atoms with Gasteiger partial charge in [-0.05, 0) is 12.8 Å². The van der Waals surface area contributed by atoms with Gasteiger partial charge in [0.1, 0.15) is 5.78 Å². The van der Waals surface area contributed by atoms with Crippen molar-refractivity contribution < 1.29 is 14.3 Å². The van der Waals surface area contributed by atoms with Gasteiger partial charge in [0.15, 0.2) is 0 Å². The molecule has 3 heteroatoms. The predicted octanol–water partition coefficient (Wildman–Crippen LogP) is 2.19. The number of methoxy groups -OCH3 is 1. The maximum atomic E-state index is 10.9. The molecule has 14 heavy (non-hydrogen) atoms. The molecule has 0 aliphatic heterocycles. The van der Waals surface area contributed by atoms with Crippen LogP contribution in [0.3, 0.4) is 0 Å². The van der Waals surface area contributed by atoms with Gasteiger partial charge in [-0.3, -0.25) is 4.79 Å². The summed E-state index contributed by atoms with van der Waals surface area (Å²) in [4.78, 5) is 10.9. The molecule has 0 aromatic carbocycles. The number of unbranched alkanes of at least 4 members (excludes halogenated alkanes) is 2. The third kappa shape index (κ3) is 9.68. The Bertz CT molecular complexity index is 134. The molecular weight excluding hydrogens is 180 g/mol. The lowest BCUT2D eigenvalue weighted by molar-refractivity contribution is -0.118. The molecule has 84 valence electrons. The Balaban J connectivity index is 2.95. The largest absolute Gasteiger partial charge is 0.382 e. The highest BCUT2D eigenvalue weighted by atomic mass is 16.5. The fourth-order valence-corrected chi connectivity index (χ4v) is 1.12. The van der Waals surface area contributed by atoms with Crippen LogP contribution in [-0.2, 0) is 14.3 Å². The van der Waals surface area contributed by atoms with E-state index in [4.69, 9.17) is 9.47 Å². The Labute approximate surface area is 86.8 Å². The molecule has 0 bridgehead atoms. The first kappa shape index (κ1) is 13.6. The van der Waals surface area contributed by atoms with Crippen LogP contribution in [-0.4, -0.2) is 32.7 Å². The van der Waals surface area contributed by atoms with Gasteiger partial charge in [0.25, 0.3) is 0 Å². The quantitative estimate of drug-likeness (QED) is 0.509. The molecule has 0 aliphatic carbocycles. The van der Waals surface area contributed by atoms with Crippen LogP contribution in [0.5, 0.6) is 0 Å². The van der Waals surface area contributed by atoms with E-state index >= 15 is 0 Å². The van der Waals surface area contributed by atoms with Crippen LogP contribution in [0.25, 0.3) is 0 Å². The number of hydrogen-bond acceptors (Lipinski definition) is 3. The highest BCUT2D eigenvalue weighted by Crippen LogP contribution is 2.02. The summed E-state index contributed by atoms with van der Waals surface area (Å²) in [6, 6.07) is 0. The Morgan fingerprint density at radius 1 is 1.07 bits per heavy atom. The maximum absolute atomic E-state index is 10.9. The zero-order chi connectivity index (χ0) is 10.6. The van der Waals surface area contributed by atoms with E-state index in [-0.39, 0.29) is 0 Å². The third-order valence-electron chi connectivity index (χ3n) is 2.07. The molecule has 0 spiro atoms. The molecule has 0 amide bonds. The standard InChI is InChI=1S/C11H22O3/c1-3-11(12)7-5-4-6-8-14-10-9-13-2/h3-10H2,1-2H3. The number of ketones is 1. The predicted molar refractivity (Wildman–Crippen MR) is 56.5 cm³/mol. The van der Waals surface area contributed by atoms with Gasteiger partial charge in [-0.1, -0.05) is 13.3 Å². The number of ether oxygens (including phenoxy) is 2. The summed E-state index contributed by atoms with van der Waals surface area (Å²) in [6.07, 6.45) is 4.53. The Morgan fingerprint density at radius 2 is 1.86 bits per heavy atom. The van der Waals surface area contributed by atoms with Crippen LogP contribution in [0, 0.1) is 0 Å². The smallest absolute Gasteiger partial charge is 0.132 e. The van der Waals surface area contributed by atoms with Crippen LogP contribution in [0.1, 0.15) is 39.0 Å². The first-order chi connectivity index (χ1) is 6.81. The van der Waals surface area contributed by atoms with Gasteiger partial charge in [-0.2, -0.15) is 0 Å². The van der Waals surface area contributed by atoms with Crippen molar-refractivity contribution in [2.45, 2.75) is 39.0 Å². The summed E-state index contributed by atoms with van der Waals surface area (Å²) in [5.74, 6) is 0.366. The number of rotatable bonds is 10. The lowest BCUT2D eigenvalue weighted by atomic mass is 10.1. The molecule has 0 saturated heterocycles. The molecule has 0 saturated carbocycles. The van der Waals surface area contributed by atoms with Gasteiger partial charge in [0.05, 0.1) is 13.2 Å². The van der Waals surface area contributed by atoms with E-state index in [1.165, 1.54) is 0 Å². The third-order valence-corrected chi connectivity index (χ3v) is 2.07. The monoisotopic (exact) mass is 202 g/mol. The van der Waals surface area contributed by atoms with Gasteiger partial charge in [0, 0.05) is 26.6 Å². The fraction of sp³-hybridized carbons (Fsp3) is 0.909. The van der Waals surface area contributed by atoms with Crippen LogP contribution in [0.4, 0.5) is 0 Å². The van der Waals surface area contributed by atoms with Crippen molar-refractivity contribution in [2.24, 2.45) is 0 Å². The summed E-state index contributed by atoms with van der Waals surface area (Å²) < 4.78 is 10.1. The summed E-state index contributed by atoms with van der Waals surface area (Å²) in [6.45, 7) is 4.03. The minimum absolute atomic E-state index is 0.366. The minimum atomic E-state index is 0.366. The molecule has 0 fully saturated rings. The lowest BCUT2D eigenvalue weighted by Crippen LogP contribution is -2.03. The van der Waals surface area contributed by atoms with Crippen LogP contribution in [0.2, 0.25) is 0 Å². The zero-order valence-electron chi connectivity index (χ0n) is 9.38. The molecule has 0 unspecified atom stereocenters. The Kier molecular flexibility index (Phi) is 10.4. The molecule has 0 rings (SSSR count). The summed E-state index contributed by atoms with van der Waals surface area (Å²) in [5.41, 5.74) is 0. The highest BCUT2D eigenvalue weighted by molar-refractivity contribution is 5.77. The van der Waals surface area contributed by atoms with E-state index in [0.29, 0.717) is 25.4 Å². The van der Waals surface area contributed by atoms with E-state index in [2.05, 4.69) is 0 Å². The lowest BCUT2D eigenvalue weighted by Gasteiger charge is -2.02. The van der Waals surface area contributed by atoms with Crippen molar-refractivity contribution in [3.05, 3.63) is 0 Å². The number of carbonyl (C=O) groups is 1. The number of Topliss-reactive ketones (excluding diaryl/α,β-unsaturated/α-hetero) is 1. The van der Waals surface area contributed by atoms with E-state index in [9.17, 15) is 4.79 Å². The van der Waals surface area contributed by atoms with Crippen LogP contribution < -0.4 is 0 Å². The first-order valence-electron chi connectivity index (χ1n) is 5.39. The molecule has 3 nitrogen and oxygen atoms in total. The van der Waals surface area contributed by atoms with Crippen molar-refractivity contribution >= 4 is 5.78 Å². The molecule has 0 N–H and O–H groups in total. The van der Waals surface area contributed by atoms with Crippen molar-refractivity contribution in [3.8, 4) is 0 Å². The van der Waals surface area contributed by atoms with Crippen molar-refractivity contribution in [1.82, 2.24) is 0 Å². The summed E-state index contributed by atoms with van der Waals surface area (Å²) in [7, 11) is 1.67. The van der Waals surface area contributed by atoms with Crippen molar-refractivity contribution in [3.63, 3.8) is 0 Å². The van der Waals surface area contributed by atoms with Crippen LogP contribution in [0.15, 0.2) is 0 Å². The van der Waals surface area contributed by atoms with Gasteiger partial charge in [-0.25, -0.2) is 0 Å². The van der Waals surface area contributed by atoms with Crippen molar-refractivity contribution in [2.75, 3.05) is 26.9 Å². The second kappa shape index (κ2) is 10.7. The molecule has 0 aromatic rings. The molecule has 0 radical (unpaired) electrons. The maximum Gasteiger partial charge on any atom is 0.132 e. The van der Waals surface area contributed by atoms with Gasteiger partial charge >= 0.3 is 0 Å². The van der Waals surface area contributed by atoms with E-state index in [1.54, 1.807) is 7.11 Å². The average molecular weight is 202 g/mol. The zero-order valence-corrected chi connectivity index (χ0v) is 9.38. The van der Waals surface area contributed by atoms with Gasteiger partial charge < -0.3 is 9.47 Å². The SMILES string of the molecule is CCC(=O)CCCCCOCCOC. The van der Waals surface area contributed by atoms with Crippen molar-refractivity contribution in [1.29, 1.82) is 0 Å². The van der Waals surface area contributed by atoms with Gasteiger partial charge in [-0.15, -0.1) is 0 Å². The molecule has 0 heterocycles. The van der Waals surface area contributed by atoms with E-state index in [1.807, 2.05) is 6.92 Å². The number of carbonyl (C=O) groups excluding carboxylic acids is 1. The summed E-state index contributed by atoms with van der Waals surface area (Å²) in [5, 5.41) is 0. The highest BCUT2D eigenvalue weighted by Gasteiger charge is 1.97. The van der Waals surface area contributed by atoms with E-state index < -0.39 is 0 Å². The normalized spacial score (nSPS) is 10.4. The topological polar surface area (TPSA) is 35.5 Å². The molecular formula is C11H22O3. The first-order valence-corrected chi connectivity index (χ1v) is 5.39. The van der Waals surface area contributed by atoms with Crippen LogP contribution >= 0.6 is 0 Å². The van der Waals surface area contributed by atoms with E-state index in [0.717, 1.165) is 32.3 Å².